The predicted octanol–water partition coefficient (Wildman–Crippen LogP) is 3.51. The first-order valence-corrected chi connectivity index (χ1v) is 8.83. The lowest BCUT2D eigenvalue weighted by Gasteiger charge is -2.15. The number of carbonyl (C=O) groups is 1. The Morgan fingerprint density at radius 3 is 2.75 bits per heavy atom. The average Bonchev–Trinajstić information content (AvgIpc) is 3.03. The molecule has 0 radical (unpaired) electrons. The highest BCUT2D eigenvalue weighted by molar-refractivity contribution is 5.99. The fourth-order valence-electron chi connectivity index (χ4n) is 3.40. The number of carbonyl (C=O) groups excluding carboxylic acids is 1. The van der Waals surface area contributed by atoms with Gasteiger partial charge < -0.3 is 19.2 Å². The quantitative estimate of drug-likeness (QED) is 0.689. The van der Waals surface area contributed by atoms with Crippen molar-refractivity contribution in [3.05, 3.63) is 81.7 Å². The molecule has 28 heavy (non-hydrogen) atoms. The highest BCUT2D eigenvalue weighted by Crippen LogP contribution is 2.36. The Balaban J connectivity index is 1.85. The molecule has 0 aliphatic carbocycles. The number of aryl methyl sites for hydroxylation is 1. The van der Waals surface area contributed by atoms with Crippen molar-refractivity contribution >= 4 is 16.9 Å². The van der Waals surface area contributed by atoms with Gasteiger partial charge in [-0.05, 0) is 36.8 Å². The molecule has 0 saturated heterocycles. The molecule has 3 aromatic rings. The highest BCUT2D eigenvalue weighted by Gasteiger charge is 2.36. The number of hydrogen-bond donors (Lipinski definition) is 1. The fourth-order valence-corrected chi connectivity index (χ4v) is 3.40. The number of methoxy groups -OCH3 is 1. The van der Waals surface area contributed by atoms with E-state index in [1.165, 1.54) is 7.11 Å². The van der Waals surface area contributed by atoms with Gasteiger partial charge in [0, 0.05) is 0 Å². The van der Waals surface area contributed by atoms with Crippen LogP contribution in [0.2, 0.25) is 0 Å². The van der Waals surface area contributed by atoms with Crippen LogP contribution in [0.1, 0.15) is 33.3 Å². The smallest absolute Gasteiger partial charge is 0.288 e. The molecule has 6 nitrogen and oxygen atoms in total. The molecule has 1 aliphatic rings. The van der Waals surface area contributed by atoms with Gasteiger partial charge in [-0.15, -0.1) is 0 Å². The first kappa shape index (κ1) is 17.9. The van der Waals surface area contributed by atoms with Crippen molar-refractivity contribution in [2.45, 2.75) is 13.0 Å². The topological polar surface area (TPSA) is 77.8 Å². The van der Waals surface area contributed by atoms with E-state index in [1.54, 1.807) is 36.4 Å². The van der Waals surface area contributed by atoms with Crippen LogP contribution in [0.5, 0.6) is 11.5 Å². The van der Waals surface area contributed by atoms with Gasteiger partial charge in [0.05, 0.1) is 24.1 Å². The molecular weight excluding hydrogens is 358 g/mol. The van der Waals surface area contributed by atoms with Crippen LogP contribution < -0.4 is 20.2 Å². The van der Waals surface area contributed by atoms with E-state index in [-0.39, 0.29) is 11.2 Å². The second kappa shape index (κ2) is 6.88. The van der Waals surface area contributed by atoms with Crippen molar-refractivity contribution < 1.29 is 18.7 Å². The monoisotopic (exact) mass is 377 g/mol. The van der Waals surface area contributed by atoms with E-state index < -0.39 is 11.9 Å². The molecule has 1 N–H and O–H groups in total. The maximum Gasteiger partial charge on any atom is 0.288 e. The highest BCUT2D eigenvalue weighted by atomic mass is 16.5. The van der Waals surface area contributed by atoms with Crippen LogP contribution >= 0.6 is 0 Å². The summed E-state index contributed by atoms with van der Waals surface area (Å²) in [6, 6.07) is 9.99. The lowest BCUT2D eigenvalue weighted by atomic mass is 9.98. The number of hydrogen-bond acceptors (Lipinski definition) is 5. The fraction of sp³-hybridized carbons (Fsp3) is 0.182. The van der Waals surface area contributed by atoms with Gasteiger partial charge in [0.1, 0.15) is 12.2 Å². The summed E-state index contributed by atoms with van der Waals surface area (Å²) in [7, 11) is 1.53. The number of amides is 1. The molecule has 1 aromatic heterocycles. The van der Waals surface area contributed by atoms with Gasteiger partial charge in [-0.1, -0.05) is 30.4 Å². The van der Waals surface area contributed by atoms with Crippen LogP contribution in [0.4, 0.5) is 0 Å². The minimum Gasteiger partial charge on any atom is -0.493 e. The van der Waals surface area contributed by atoms with Crippen molar-refractivity contribution in [2.24, 2.45) is 0 Å². The Labute approximate surface area is 161 Å². The summed E-state index contributed by atoms with van der Waals surface area (Å²) >= 11 is 0. The SMILES string of the molecule is C=CCOc1ccc(C2NC(=O)c3oc4ccc(C)cc4c(=O)c32)cc1OC. The molecule has 1 amide bonds. The number of nitrogens with one attached hydrogen (secondary N) is 1. The van der Waals surface area contributed by atoms with Gasteiger partial charge >= 0.3 is 0 Å². The minimum absolute atomic E-state index is 0.0531. The van der Waals surface area contributed by atoms with Gasteiger partial charge in [-0.3, -0.25) is 9.59 Å². The van der Waals surface area contributed by atoms with E-state index >= 15 is 0 Å². The van der Waals surface area contributed by atoms with Crippen LogP contribution in [0.25, 0.3) is 11.0 Å². The lowest BCUT2D eigenvalue weighted by molar-refractivity contribution is 0.0938. The Morgan fingerprint density at radius 1 is 1.18 bits per heavy atom. The van der Waals surface area contributed by atoms with Crippen molar-refractivity contribution in [3.63, 3.8) is 0 Å². The first-order chi connectivity index (χ1) is 13.5. The molecule has 2 aromatic carbocycles. The van der Waals surface area contributed by atoms with Gasteiger partial charge in [0.25, 0.3) is 5.91 Å². The maximum absolute atomic E-state index is 13.1. The molecule has 6 heteroatoms. The van der Waals surface area contributed by atoms with Crippen molar-refractivity contribution in [3.8, 4) is 11.5 Å². The third-order valence-corrected chi connectivity index (χ3v) is 4.73. The molecule has 0 fully saturated rings. The number of fused-ring (bicyclic) bond motifs is 2. The Kier molecular flexibility index (Phi) is 4.39. The minimum atomic E-state index is -0.619. The van der Waals surface area contributed by atoms with Gasteiger partial charge in [0.2, 0.25) is 5.76 Å². The largest absolute Gasteiger partial charge is 0.493 e. The summed E-state index contributed by atoms with van der Waals surface area (Å²) < 4.78 is 16.7. The molecule has 1 aliphatic heterocycles. The van der Waals surface area contributed by atoms with E-state index in [1.807, 2.05) is 13.0 Å². The van der Waals surface area contributed by atoms with E-state index in [0.29, 0.717) is 40.2 Å². The molecule has 142 valence electrons. The predicted molar refractivity (Wildman–Crippen MR) is 105 cm³/mol. The summed E-state index contributed by atoms with van der Waals surface area (Å²) in [5.41, 5.74) is 2.14. The Morgan fingerprint density at radius 2 is 2.00 bits per heavy atom. The van der Waals surface area contributed by atoms with Gasteiger partial charge in [-0.2, -0.15) is 0 Å². The third-order valence-electron chi connectivity index (χ3n) is 4.73. The van der Waals surface area contributed by atoms with Crippen molar-refractivity contribution in [1.29, 1.82) is 0 Å². The summed E-state index contributed by atoms with van der Waals surface area (Å²) in [4.78, 5) is 25.6. The van der Waals surface area contributed by atoms with Crippen LogP contribution in [-0.2, 0) is 0 Å². The molecule has 0 bridgehead atoms. The zero-order chi connectivity index (χ0) is 19.8. The average molecular weight is 377 g/mol. The van der Waals surface area contributed by atoms with E-state index in [9.17, 15) is 9.59 Å². The molecular formula is C22H19NO5. The molecule has 1 atom stereocenters. The van der Waals surface area contributed by atoms with Crippen LogP contribution in [-0.4, -0.2) is 19.6 Å². The van der Waals surface area contributed by atoms with Crippen molar-refractivity contribution in [1.82, 2.24) is 5.32 Å². The second-order valence-corrected chi connectivity index (χ2v) is 6.59. The number of ether oxygens (including phenoxy) is 2. The third kappa shape index (κ3) is 2.83. The molecule has 0 saturated carbocycles. The van der Waals surface area contributed by atoms with Crippen LogP contribution in [0.15, 0.2) is 58.3 Å². The normalized spacial score (nSPS) is 15.2. The van der Waals surface area contributed by atoms with Crippen LogP contribution in [0, 0.1) is 6.92 Å². The number of benzene rings is 2. The molecule has 2 heterocycles. The van der Waals surface area contributed by atoms with E-state index in [4.69, 9.17) is 13.9 Å². The zero-order valence-corrected chi connectivity index (χ0v) is 15.6. The standard InChI is InChI=1S/C22H19NO5/c1-4-9-27-16-8-6-13(11-17(16)26-3)19-18-20(24)14-10-12(2)5-7-15(14)28-21(18)22(25)23-19/h4-8,10-11,19H,1,9H2,2-3H3,(H,23,25). The van der Waals surface area contributed by atoms with Crippen molar-refractivity contribution in [2.75, 3.05) is 13.7 Å². The summed E-state index contributed by atoms with van der Waals surface area (Å²) in [6.07, 6.45) is 1.64. The van der Waals surface area contributed by atoms with Gasteiger partial charge in [0.15, 0.2) is 16.9 Å². The second-order valence-electron chi connectivity index (χ2n) is 6.59. The summed E-state index contributed by atoms with van der Waals surface area (Å²) in [5.74, 6) is 0.697. The Bertz CT molecular complexity index is 1160. The number of rotatable bonds is 5. The van der Waals surface area contributed by atoms with E-state index in [0.717, 1.165) is 5.56 Å². The lowest BCUT2D eigenvalue weighted by Crippen LogP contribution is -2.22. The zero-order valence-electron chi connectivity index (χ0n) is 15.6. The van der Waals surface area contributed by atoms with Gasteiger partial charge in [-0.25, -0.2) is 0 Å². The Hall–Kier alpha value is -3.54. The first-order valence-electron chi connectivity index (χ1n) is 8.83. The van der Waals surface area contributed by atoms with Crippen LogP contribution in [0.3, 0.4) is 0 Å². The summed E-state index contributed by atoms with van der Waals surface area (Å²) in [6.45, 7) is 5.87. The van der Waals surface area contributed by atoms with E-state index in [2.05, 4.69) is 11.9 Å². The molecule has 4 rings (SSSR count). The molecule has 0 spiro atoms. The summed E-state index contributed by atoms with van der Waals surface area (Å²) in [5, 5.41) is 3.29. The maximum atomic E-state index is 13.1. The molecule has 1 unspecified atom stereocenters.